The van der Waals surface area contributed by atoms with Crippen molar-refractivity contribution in [3.8, 4) is 5.75 Å². The highest BCUT2D eigenvalue weighted by atomic mass is 31.1. The highest BCUT2D eigenvalue weighted by Crippen LogP contribution is 2.33. The Balaban J connectivity index is 1.56. The summed E-state index contributed by atoms with van der Waals surface area (Å²) >= 11 is 0. The van der Waals surface area contributed by atoms with Gasteiger partial charge in [0.1, 0.15) is 18.2 Å². The summed E-state index contributed by atoms with van der Waals surface area (Å²) in [6.07, 6.45) is 21.8. The maximum atomic E-state index is 14.2. The van der Waals surface area contributed by atoms with Crippen LogP contribution >= 0.6 is 8.58 Å². The third-order valence-electron chi connectivity index (χ3n) is 7.28. The molecule has 0 aliphatic heterocycles. The lowest BCUT2D eigenvalue weighted by Gasteiger charge is -2.23. The molecule has 0 aromatic heterocycles. The molecule has 3 atom stereocenters. The number of benzene rings is 3. The van der Waals surface area contributed by atoms with Crippen molar-refractivity contribution in [2.45, 2.75) is 32.3 Å². The van der Waals surface area contributed by atoms with Crippen molar-refractivity contribution in [3.63, 3.8) is 0 Å². The minimum atomic E-state index is -0.212. The van der Waals surface area contributed by atoms with Gasteiger partial charge in [0.2, 0.25) is 0 Å². The van der Waals surface area contributed by atoms with Gasteiger partial charge in [-0.25, -0.2) is 4.39 Å². The third-order valence-corrected chi connectivity index (χ3v) is 8.61. The van der Waals surface area contributed by atoms with Crippen LogP contribution in [0, 0.1) is 17.7 Å². The molecule has 2 aliphatic rings. The van der Waals surface area contributed by atoms with Gasteiger partial charge in [0.25, 0.3) is 0 Å². The van der Waals surface area contributed by atoms with Gasteiger partial charge in [0.15, 0.2) is 0 Å². The zero-order valence-corrected chi connectivity index (χ0v) is 23.8. The Morgan fingerprint density at radius 2 is 1.51 bits per heavy atom. The van der Waals surface area contributed by atoms with E-state index >= 15 is 0 Å². The van der Waals surface area contributed by atoms with Gasteiger partial charge in [-0.2, -0.15) is 0 Å². The van der Waals surface area contributed by atoms with Crippen LogP contribution < -0.4 is 20.2 Å². The molecule has 0 heterocycles. The summed E-state index contributed by atoms with van der Waals surface area (Å²) in [6.45, 7) is 0.519. The van der Waals surface area contributed by atoms with E-state index in [9.17, 15) is 4.39 Å². The molecule has 5 rings (SSSR count). The van der Waals surface area contributed by atoms with Crippen LogP contribution in [0.25, 0.3) is 0 Å². The molecule has 4 heteroatoms. The van der Waals surface area contributed by atoms with E-state index in [4.69, 9.17) is 4.74 Å². The van der Waals surface area contributed by atoms with Crippen molar-refractivity contribution in [2.75, 3.05) is 19.0 Å². The Morgan fingerprint density at radius 1 is 0.795 bits per heavy atom. The molecular weight excluding hydrogens is 500 g/mol. The third kappa shape index (κ3) is 7.37. The van der Waals surface area contributed by atoms with Crippen molar-refractivity contribution in [1.82, 2.24) is 0 Å². The van der Waals surface area contributed by atoms with Gasteiger partial charge in [0.05, 0.1) is 0 Å². The standard InChI is InChI=1S/C35H37FNOP/c1-37(2)32-24-31(36)18-19-33(32)39-34-23-29(20-26-12-6-3-7-13-26)22-30(21-27-14-8-4-9-15-27)35(34)38-25-28-16-10-5-11-17-28/h3-12,14,16-19,22-24,26-27,39H,13,15,20-21,25H2,1-2H3. The lowest BCUT2D eigenvalue weighted by molar-refractivity contribution is 0.304. The maximum absolute atomic E-state index is 14.2. The molecule has 3 aromatic rings. The van der Waals surface area contributed by atoms with Crippen molar-refractivity contribution >= 4 is 24.9 Å². The van der Waals surface area contributed by atoms with Gasteiger partial charge in [-0.1, -0.05) is 93.6 Å². The number of halogens is 1. The van der Waals surface area contributed by atoms with E-state index in [0.29, 0.717) is 27.0 Å². The zero-order valence-electron chi connectivity index (χ0n) is 22.8. The molecule has 0 saturated heterocycles. The average molecular weight is 538 g/mol. The predicted octanol–water partition coefficient (Wildman–Crippen LogP) is 7.45. The summed E-state index contributed by atoms with van der Waals surface area (Å²) in [6, 6.07) is 20.2. The second-order valence-corrected chi connectivity index (χ2v) is 11.9. The lowest BCUT2D eigenvalue weighted by atomic mass is 9.89. The van der Waals surface area contributed by atoms with Crippen LogP contribution in [0.15, 0.2) is 109 Å². The first kappa shape index (κ1) is 27.2. The van der Waals surface area contributed by atoms with E-state index in [0.717, 1.165) is 48.0 Å². The Morgan fingerprint density at radius 3 is 2.18 bits per heavy atom. The number of nitrogens with zero attached hydrogens (tertiary/aromatic N) is 1. The van der Waals surface area contributed by atoms with Crippen molar-refractivity contribution in [2.24, 2.45) is 11.8 Å². The van der Waals surface area contributed by atoms with E-state index < -0.39 is 0 Å². The molecule has 0 radical (unpaired) electrons. The van der Waals surface area contributed by atoms with Crippen LogP contribution in [0.5, 0.6) is 5.75 Å². The predicted molar refractivity (Wildman–Crippen MR) is 166 cm³/mol. The molecule has 200 valence electrons. The van der Waals surface area contributed by atoms with E-state index in [-0.39, 0.29) is 5.82 Å². The van der Waals surface area contributed by atoms with Crippen LogP contribution in [0.1, 0.15) is 29.5 Å². The number of allylic oxidation sites excluding steroid dienone is 8. The zero-order chi connectivity index (χ0) is 27.0. The Bertz CT molecular complexity index is 1390. The van der Waals surface area contributed by atoms with E-state index in [1.54, 1.807) is 12.1 Å². The van der Waals surface area contributed by atoms with Crippen molar-refractivity contribution in [3.05, 3.63) is 132 Å². The molecule has 39 heavy (non-hydrogen) atoms. The average Bonchev–Trinajstić information content (AvgIpc) is 2.95. The van der Waals surface area contributed by atoms with Gasteiger partial charge in [0, 0.05) is 30.4 Å². The second-order valence-electron chi connectivity index (χ2n) is 10.6. The first-order valence-corrected chi connectivity index (χ1v) is 14.8. The van der Waals surface area contributed by atoms with Gasteiger partial charge in [-0.3, -0.25) is 0 Å². The number of hydrogen-bond acceptors (Lipinski definition) is 2. The fraction of sp³-hybridized carbons (Fsp3) is 0.257. The van der Waals surface area contributed by atoms with Crippen LogP contribution in [0.2, 0.25) is 0 Å². The van der Waals surface area contributed by atoms with Gasteiger partial charge < -0.3 is 9.64 Å². The van der Waals surface area contributed by atoms with Crippen LogP contribution in [0.4, 0.5) is 10.1 Å². The minimum absolute atomic E-state index is 0.212. The Labute approximate surface area is 234 Å². The summed E-state index contributed by atoms with van der Waals surface area (Å²) in [5.41, 5.74) is 4.67. The van der Waals surface area contributed by atoms with E-state index in [1.165, 1.54) is 16.4 Å². The molecule has 2 aliphatic carbocycles. The molecule has 0 saturated carbocycles. The fourth-order valence-corrected chi connectivity index (χ4v) is 6.78. The summed E-state index contributed by atoms with van der Waals surface area (Å²) in [7, 11) is 4.30. The van der Waals surface area contributed by atoms with Crippen molar-refractivity contribution in [1.29, 1.82) is 0 Å². The smallest absolute Gasteiger partial charge is 0.130 e. The monoisotopic (exact) mass is 537 g/mol. The van der Waals surface area contributed by atoms with Gasteiger partial charge >= 0.3 is 0 Å². The largest absolute Gasteiger partial charge is 0.488 e. The van der Waals surface area contributed by atoms with Crippen LogP contribution in [-0.4, -0.2) is 14.1 Å². The molecule has 3 unspecified atom stereocenters. The van der Waals surface area contributed by atoms with E-state index in [2.05, 4.69) is 85.0 Å². The Hall–Kier alpha value is -3.42. The van der Waals surface area contributed by atoms with Crippen LogP contribution in [0.3, 0.4) is 0 Å². The number of ether oxygens (including phenoxy) is 1. The molecule has 0 N–H and O–H groups in total. The fourth-order valence-electron chi connectivity index (χ4n) is 5.29. The summed E-state index contributed by atoms with van der Waals surface area (Å²) in [5, 5.41) is 2.31. The lowest BCUT2D eigenvalue weighted by Crippen LogP contribution is -2.20. The second kappa shape index (κ2) is 13.1. The quantitative estimate of drug-likeness (QED) is 0.249. The first-order valence-electron chi connectivity index (χ1n) is 13.8. The highest BCUT2D eigenvalue weighted by molar-refractivity contribution is 7.56. The molecule has 3 aromatic carbocycles. The molecule has 0 fully saturated rings. The molecule has 0 bridgehead atoms. The van der Waals surface area contributed by atoms with Gasteiger partial charge in [-0.15, -0.1) is 0 Å². The molecule has 0 amide bonds. The number of hydrogen-bond donors (Lipinski definition) is 0. The minimum Gasteiger partial charge on any atom is -0.488 e. The topological polar surface area (TPSA) is 12.5 Å². The molecule has 0 spiro atoms. The summed E-state index contributed by atoms with van der Waals surface area (Å²) < 4.78 is 20.9. The van der Waals surface area contributed by atoms with Gasteiger partial charge in [-0.05, 0) is 78.5 Å². The van der Waals surface area contributed by atoms with Crippen molar-refractivity contribution < 1.29 is 9.13 Å². The Kier molecular flexibility index (Phi) is 9.12. The summed E-state index contributed by atoms with van der Waals surface area (Å²) in [5.74, 6) is 1.71. The number of anilines is 1. The van der Waals surface area contributed by atoms with E-state index in [1.807, 2.05) is 31.1 Å². The summed E-state index contributed by atoms with van der Waals surface area (Å²) in [4.78, 5) is 2.00. The maximum Gasteiger partial charge on any atom is 0.130 e. The molecule has 2 nitrogen and oxygen atoms in total. The SMILES string of the molecule is CN(C)c1cc(F)ccc1Pc1cc(CC2C=CC=CC2)cc(CC2C=CC=CC2)c1OCc1ccccc1. The molecular formula is C35H37FNOP. The first-order chi connectivity index (χ1) is 19.0. The highest BCUT2D eigenvalue weighted by Gasteiger charge is 2.20. The van der Waals surface area contributed by atoms with Crippen LogP contribution in [-0.2, 0) is 19.4 Å². The normalized spacial score (nSPS) is 18.2. The number of rotatable bonds is 10.